The quantitative estimate of drug-likeness (QED) is 0.709. The zero-order valence-electron chi connectivity index (χ0n) is 14.5. The predicted octanol–water partition coefficient (Wildman–Crippen LogP) is 3.51. The fourth-order valence-corrected chi connectivity index (χ4v) is 3.82. The average Bonchev–Trinajstić information content (AvgIpc) is 2.91. The van der Waals surface area contributed by atoms with Gasteiger partial charge in [0.25, 0.3) is 21.7 Å². The van der Waals surface area contributed by atoms with E-state index in [9.17, 15) is 31.2 Å². The van der Waals surface area contributed by atoms with Crippen molar-refractivity contribution in [3.05, 3.63) is 77.1 Å². The van der Waals surface area contributed by atoms with Crippen molar-refractivity contribution in [2.24, 2.45) is 0 Å². The first-order chi connectivity index (χ1) is 13.1. The number of aryl methyl sites for hydroxylation is 1. The molecule has 2 aromatic carbocycles. The first-order valence-electron chi connectivity index (χ1n) is 8.08. The second kappa shape index (κ2) is 6.90. The van der Waals surface area contributed by atoms with E-state index < -0.39 is 44.2 Å². The van der Waals surface area contributed by atoms with Gasteiger partial charge in [0.2, 0.25) is 0 Å². The number of carbonyl (C=O) groups excluding carboxylic acids is 2. The molecule has 146 valence electrons. The lowest BCUT2D eigenvalue weighted by molar-refractivity contribution is 0.0666. The summed E-state index contributed by atoms with van der Waals surface area (Å²) in [5.74, 6) is -3.80. The van der Waals surface area contributed by atoms with Crippen molar-refractivity contribution < 1.29 is 31.2 Å². The van der Waals surface area contributed by atoms with Gasteiger partial charge in [-0.25, -0.2) is 12.8 Å². The van der Waals surface area contributed by atoms with Crippen molar-refractivity contribution in [2.75, 3.05) is 6.54 Å². The minimum atomic E-state index is -5.35. The summed E-state index contributed by atoms with van der Waals surface area (Å²) in [4.78, 5) is 24.2. The molecule has 1 aliphatic rings. The highest BCUT2D eigenvalue weighted by atomic mass is 32.2. The Labute approximate surface area is 159 Å². The number of alkyl halides is 2. The second-order valence-electron chi connectivity index (χ2n) is 6.15. The van der Waals surface area contributed by atoms with Crippen molar-refractivity contribution in [3.63, 3.8) is 0 Å². The van der Waals surface area contributed by atoms with E-state index in [1.807, 2.05) is 0 Å². The molecule has 0 aliphatic carbocycles. The molecule has 0 atom stereocenters. The molecule has 0 saturated carbocycles. The van der Waals surface area contributed by atoms with Gasteiger partial charge >= 0.3 is 5.25 Å². The summed E-state index contributed by atoms with van der Waals surface area (Å²) in [6, 6.07) is 10.3. The lowest BCUT2D eigenvalue weighted by Gasteiger charge is -2.17. The van der Waals surface area contributed by atoms with E-state index in [-0.39, 0.29) is 17.2 Å². The molecule has 2 amide bonds. The number of amides is 2. The Kier molecular flexibility index (Phi) is 4.88. The van der Waals surface area contributed by atoms with Crippen LogP contribution < -0.4 is 0 Å². The Morgan fingerprint density at radius 2 is 1.50 bits per heavy atom. The van der Waals surface area contributed by atoms with Crippen LogP contribution in [0.5, 0.6) is 0 Å². The number of carbonyl (C=O) groups is 2. The molecule has 28 heavy (non-hydrogen) atoms. The number of sulfone groups is 1. The van der Waals surface area contributed by atoms with Crippen LogP contribution in [0.25, 0.3) is 0 Å². The third-order valence-electron chi connectivity index (χ3n) is 4.28. The van der Waals surface area contributed by atoms with E-state index in [0.29, 0.717) is 10.5 Å². The Bertz CT molecular complexity index is 1060. The molecule has 9 heteroatoms. The summed E-state index contributed by atoms with van der Waals surface area (Å²) >= 11 is 0. The molecule has 0 saturated heterocycles. The molecule has 0 unspecified atom stereocenters. The highest BCUT2D eigenvalue weighted by Crippen LogP contribution is 2.36. The third-order valence-corrected chi connectivity index (χ3v) is 6.04. The number of hydrogen-bond acceptors (Lipinski definition) is 4. The van der Waals surface area contributed by atoms with E-state index in [1.165, 1.54) is 36.4 Å². The van der Waals surface area contributed by atoms with Crippen LogP contribution in [0, 0.1) is 6.92 Å². The van der Waals surface area contributed by atoms with Crippen molar-refractivity contribution in [1.29, 1.82) is 0 Å². The van der Waals surface area contributed by atoms with E-state index >= 15 is 0 Å². The lowest BCUT2D eigenvalue weighted by atomic mass is 10.1. The number of rotatable bonds is 5. The van der Waals surface area contributed by atoms with Gasteiger partial charge in [0.15, 0.2) is 5.83 Å². The smallest absolute Gasteiger partial charge is 0.270 e. The van der Waals surface area contributed by atoms with E-state index in [0.717, 1.165) is 12.1 Å². The van der Waals surface area contributed by atoms with Crippen LogP contribution in [0.15, 0.2) is 65.3 Å². The molecular formula is C19H14F3NO4S. The zero-order chi connectivity index (χ0) is 20.7. The van der Waals surface area contributed by atoms with Gasteiger partial charge in [-0.2, -0.15) is 8.78 Å². The Hall–Kier alpha value is -2.94. The van der Waals surface area contributed by atoms with Crippen LogP contribution in [0.1, 0.15) is 26.3 Å². The standard InChI is InChI=1S/C19H14F3NO4S/c1-12-6-8-13(9-7-12)28(26,27)19(21,22)16(20)10-11-23-17(24)14-4-2-3-5-15(14)18(23)25/h2-10H,11H2,1H3/b16-10-. The minimum absolute atomic E-state index is 0.0698. The Morgan fingerprint density at radius 3 is 2.00 bits per heavy atom. The van der Waals surface area contributed by atoms with Crippen LogP contribution in [0.4, 0.5) is 13.2 Å². The zero-order valence-corrected chi connectivity index (χ0v) is 15.3. The second-order valence-corrected chi connectivity index (χ2v) is 8.14. The number of halogens is 3. The van der Waals surface area contributed by atoms with Gasteiger partial charge in [-0.05, 0) is 37.3 Å². The maximum absolute atomic E-state index is 14.3. The van der Waals surface area contributed by atoms with E-state index in [1.54, 1.807) is 6.92 Å². The van der Waals surface area contributed by atoms with Crippen molar-refractivity contribution in [3.8, 4) is 0 Å². The molecule has 0 aromatic heterocycles. The minimum Gasteiger partial charge on any atom is -0.270 e. The van der Waals surface area contributed by atoms with E-state index in [4.69, 9.17) is 0 Å². The first kappa shape index (κ1) is 19.8. The summed E-state index contributed by atoms with van der Waals surface area (Å²) in [5, 5.41) is -4.85. The van der Waals surface area contributed by atoms with Crippen LogP contribution in [-0.4, -0.2) is 36.9 Å². The molecule has 0 bridgehead atoms. The SMILES string of the molecule is Cc1ccc(S(=O)(=O)C(F)(F)/C(F)=C/CN2C(=O)c3ccccc3C2=O)cc1. The summed E-state index contributed by atoms with van der Waals surface area (Å²) in [5.41, 5.74) is 0.782. The predicted molar refractivity (Wildman–Crippen MR) is 94.3 cm³/mol. The Morgan fingerprint density at radius 1 is 1.00 bits per heavy atom. The highest BCUT2D eigenvalue weighted by molar-refractivity contribution is 7.92. The molecular weight excluding hydrogens is 395 g/mol. The number of benzene rings is 2. The van der Waals surface area contributed by atoms with Crippen LogP contribution in [0.3, 0.4) is 0 Å². The third kappa shape index (κ3) is 3.11. The van der Waals surface area contributed by atoms with Gasteiger partial charge in [0.05, 0.1) is 22.6 Å². The fraction of sp³-hybridized carbons (Fsp3) is 0.158. The lowest BCUT2D eigenvalue weighted by Crippen LogP contribution is -2.33. The highest BCUT2D eigenvalue weighted by Gasteiger charge is 2.50. The topological polar surface area (TPSA) is 71.5 Å². The van der Waals surface area contributed by atoms with Gasteiger partial charge in [-0.1, -0.05) is 29.8 Å². The Balaban J connectivity index is 1.86. The van der Waals surface area contributed by atoms with Crippen LogP contribution >= 0.6 is 0 Å². The summed E-state index contributed by atoms with van der Waals surface area (Å²) in [6.45, 7) is 0.814. The molecule has 0 fully saturated rings. The molecule has 2 aromatic rings. The molecule has 0 spiro atoms. The van der Waals surface area contributed by atoms with Crippen molar-refractivity contribution >= 4 is 21.7 Å². The number of imide groups is 1. The van der Waals surface area contributed by atoms with Crippen LogP contribution in [0.2, 0.25) is 0 Å². The number of hydrogen-bond donors (Lipinski definition) is 0. The van der Waals surface area contributed by atoms with Gasteiger partial charge in [-0.15, -0.1) is 0 Å². The molecule has 0 radical (unpaired) electrons. The average molecular weight is 409 g/mol. The maximum Gasteiger partial charge on any atom is 0.400 e. The largest absolute Gasteiger partial charge is 0.400 e. The van der Waals surface area contributed by atoms with Gasteiger partial charge in [0, 0.05) is 0 Å². The molecule has 5 nitrogen and oxygen atoms in total. The maximum atomic E-state index is 14.3. The van der Waals surface area contributed by atoms with Crippen molar-refractivity contribution in [1.82, 2.24) is 4.90 Å². The van der Waals surface area contributed by atoms with Gasteiger partial charge in [-0.3, -0.25) is 14.5 Å². The number of fused-ring (bicyclic) bond motifs is 1. The van der Waals surface area contributed by atoms with E-state index in [2.05, 4.69) is 0 Å². The molecule has 1 heterocycles. The first-order valence-corrected chi connectivity index (χ1v) is 9.56. The normalized spacial score (nSPS) is 15.1. The van der Waals surface area contributed by atoms with Gasteiger partial charge in [0.1, 0.15) is 0 Å². The fourth-order valence-electron chi connectivity index (χ4n) is 2.69. The summed E-state index contributed by atoms with van der Waals surface area (Å²) in [7, 11) is -5.35. The summed E-state index contributed by atoms with van der Waals surface area (Å²) in [6.07, 6.45) is 0.230. The molecule has 0 N–H and O–H groups in total. The van der Waals surface area contributed by atoms with Crippen LogP contribution in [-0.2, 0) is 9.84 Å². The molecule has 3 rings (SSSR count). The van der Waals surface area contributed by atoms with Gasteiger partial charge < -0.3 is 0 Å². The van der Waals surface area contributed by atoms with Crippen molar-refractivity contribution in [2.45, 2.75) is 17.1 Å². The summed E-state index contributed by atoms with van der Waals surface area (Å²) < 4.78 is 67.0. The monoisotopic (exact) mass is 409 g/mol. The molecule has 1 aliphatic heterocycles. The number of nitrogens with zero attached hydrogens (tertiary/aromatic N) is 1.